The van der Waals surface area contributed by atoms with Gasteiger partial charge in [-0.2, -0.15) is 0 Å². The van der Waals surface area contributed by atoms with Gasteiger partial charge in [-0.1, -0.05) is 29.3 Å². The Morgan fingerprint density at radius 1 is 1.26 bits per heavy atom. The van der Waals surface area contributed by atoms with Crippen molar-refractivity contribution in [3.8, 4) is 17.2 Å². The minimum absolute atomic E-state index is 0.147. The van der Waals surface area contributed by atoms with Gasteiger partial charge in [-0.25, -0.2) is 0 Å². The van der Waals surface area contributed by atoms with E-state index in [1.54, 1.807) is 12.1 Å². The fourth-order valence-corrected chi connectivity index (χ4v) is 4.49. The predicted molar refractivity (Wildman–Crippen MR) is 121 cm³/mol. The van der Waals surface area contributed by atoms with Crippen LogP contribution in [0, 0.1) is 6.92 Å². The number of hydrogen-bond donors (Lipinski definition) is 1. The van der Waals surface area contributed by atoms with Gasteiger partial charge < -0.3 is 24.2 Å². The second-order valence-electron chi connectivity index (χ2n) is 8.02. The molecule has 4 rings (SSSR count). The highest BCUT2D eigenvalue weighted by molar-refractivity contribution is 9.10. The van der Waals surface area contributed by atoms with Crippen molar-refractivity contribution in [2.24, 2.45) is 0 Å². The normalized spacial score (nSPS) is 16.3. The third-order valence-electron chi connectivity index (χ3n) is 5.53. The molecule has 2 heterocycles. The number of aromatic hydroxyl groups is 1. The van der Waals surface area contributed by atoms with Gasteiger partial charge in [-0.3, -0.25) is 4.79 Å². The van der Waals surface area contributed by atoms with Gasteiger partial charge in [0.1, 0.15) is 17.2 Å². The summed E-state index contributed by atoms with van der Waals surface area (Å²) in [6.07, 6.45) is 3.86. The van der Waals surface area contributed by atoms with Gasteiger partial charge >= 0.3 is 0 Å². The van der Waals surface area contributed by atoms with E-state index in [-0.39, 0.29) is 24.1 Å². The first-order chi connectivity index (χ1) is 14.9. The van der Waals surface area contributed by atoms with Crippen LogP contribution in [0.4, 0.5) is 0 Å². The second-order valence-corrected chi connectivity index (χ2v) is 8.94. The highest BCUT2D eigenvalue weighted by Crippen LogP contribution is 2.43. The molecular weight excluding hydrogens is 462 g/mol. The zero-order valence-electron chi connectivity index (χ0n) is 18.0. The standard InChI is InChI=1S/C24H26BrNO5/c1-4-5-6-26(3)11-18-19(27)7-14(2)21-22(28)20(31-24(18)21)10-15-8-17(25)9-16-12-29-13-30-23(15)16/h7-10,27H,4-6,11-13H2,1-3H3/b20-10-. The topological polar surface area (TPSA) is 68.2 Å². The summed E-state index contributed by atoms with van der Waals surface area (Å²) >= 11 is 3.51. The second kappa shape index (κ2) is 9.02. The van der Waals surface area contributed by atoms with Crippen LogP contribution in [-0.2, 0) is 17.9 Å². The van der Waals surface area contributed by atoms with Crippen molar-refractivity contribution in [1.82, 2.24) is 4.90 Å². The first-order valence-corrected chi connectivity index (χ1v) is 11.2. The van der Waals surface area contributed by atoms with Crippen LogP contribution in [0.25, 0.3) is 6.08 Å². The lowest BCUT2D eigenvalue weighted by molar-refractivity contribution is -0.0165. The molecule has 0 fully saturated rings. The number of fused-ring (bicyclic) bond motifs is 2. The Balaban J connectivity index is 1.72. The quantitative estimate of drug-likeness (QED) is 0.566. The van der Waals surface area contributed by atoms with E-state index in [2.05, 4.69) is 27.8 Å². The number of halogens is 1. The average molecular weight is 488 g/mol. The SMILES string of the molecule is CCCCN(C)Cc1c(O)cc(C)c2c1O/C(=C\c1cc(Br)cc3c1OCOC3)C2=O. The number of hydrogen-bond acceptors (Lipinski definition) is 6. The molecule has 0 bridgehead atoms. The molecule has 2 aliphatic heterocycles. The van der Waals surface area contributed by atoms with Crippen molar-refractivity contribution < 1.29 is 24.1 Å². The Morgan fingerprint density at radius 2 is 2.06 bits per heavy atom. The third-order valence-corrected chi connectivity index (χ3v) is 5.99. The number of nitrogens with zero attached hydrogens (tertiary/aromatic N) is 1. The zero-order chi connectivity index (χ0) is 22.1. The van der Waals surface area contributed by atoms with Crippen molar-refractivity contribution in [2.45, 2.75) is 39.8 Å². The molecule has 0 aliphatic carbocycles. The van der Waals surface area contributed by atoms with Gasteiger partial charge in [-0.05, 0) is 56.8 Å². The maximum absolute atomic E-state index is 13.2. The molecule has 6 nitrogen and oxygen atoms in total. The smallest absolute Gasteiger partial charge is 0.232 e. The lowest BCUT2D eigenvalue weighted by Crippen LogP contribution is -2.19. The maximum Gasteiger partial charge on any atom is 0.232 e. The molecule has 7 heteroatoms. The van der Waals surface area contributed by atoms with Crippen LogP contribution in [0.1, 0.15) is 52.4 Å². The van der Waals surface area contributed by atoms with Gasteiger partial charge in [0.2, 0.25) is 5.78 Å². The molecule has 2 aromatic rings. The number of ketones is 1. The fraction of sp³-hybridized carbons (Fsp3) is 0.375. The van der Waals surface area contributed by atoms with Gasteiger partial charge in [0.05, 0.1) is 17.7 Å². The number of ether oxygens (including phenoxy) is 3. The number of aryl methyl sites for hydroxylation is 1. The van der Waals surface area contributed by atoms with Gasteiger partial charge in [0.25, 0.3) is 0 Å². The van der Waals surface area contributed by atoms with Crippen LogP contribution in [0.2, 0.25) is 0 Å². The molecule has 0 unspecified atom stereocenters. The van der Waals surface area contributed by atoms with E-state index in [0.717, 1.165) is 35.0 Å². The molecule has 0 aromatic heterocycles. The minimum Gasteiger partial charge on any atom is -0.507 e. The summed E-state index contributed by atoms with van der Waals surface area (Å²) in [6.45, 7) is 5.97. The van der Waals surface area contributed by atoms with E-state index in [4.69, 9.17) is 14.2 Å². The van der Waals surface area contributed by atoms with E-state index in [1.807, 2.05) is 26.1 Å². The predicted octanol–water partition coefficient (Wildman–Crippen LogP) is 5.18. The Labute approximate surface area is 190 Å². The molecule has 0 spiro atoms. The molecule has 0 saturated heterocycles. The Kier molecular flexibility index (Phi) is 6.36. The molecule has 164 valence electrons. The summed E-state index contributed by atoms with van der Waals surface area (Å²) in [5.74, 6) is 1.31. The number of carbonyl (C=O) groups excluding carboxylic acids is 1. The Hall–Kier alpha value is -2.35. The number of phenols is 1. The summed E-state index contributed by atoms with van der Waals surface area (Å²) in [7, 11) is 2.00. The van der Waals surface area contributed by atoms with E-state index in [9.17, 15) is 9.90 Å². The van der Waals surface area contributed by atoms with Crippen LogP contribution < -0.4 is 9.47 Å². The van der Waals surface area contributed by atoms with Crippen molar-refractivity contribution in [3.05, 3.63) is 56.2 Å². The molecular formula is C24H26BrNO5. The van der Waals surface area contributed by atoms with E-state index < -0.39 is 0 Å². The number of benzene rings is 2. The van der Waals surface area contributed by atoms with Crippen LogP contribution in [0.15, 0.2) is 28.4 Å². The molecule has 2 aliphatic rings. The summed E-state index contributed by atoms with van der Waals surface area (Å²) in [5.41, 5.74) is 3.49. The molecule has 0 saturated carbocycles. The van der Waals surface area contributed by atoms with Crippen LogP contribution in [0.5, 0.6) is 17.2 Å². The highest BCUT2D eigenvalue weighted by Gasteiger charge is 2.34. The van der Waals surface area contributed by atoms with Gasteiger partial charge in [0, 0.05) is 22.1 Å². The first-order valence-electron chi connectivity index (χ1n) is 10.4. The largest absolute Gasteiger partial charge is 0.507 e. The van der Waals surface area contributed by atoms with Gasteiger partial charge in [0.15, 0.2) is 12.6 Å². The third kappa shape index (κ3) is 4.35. The fourth-order valence-electron chi connectivity index (χ4n) is 3.97. The highest BCUT2D eigenvalue weighted by atomic mass is 79.9. The Bertz CT molecular complexity index is 1060. The van der Waals surface area contributed by atoms with Gasteiger partial charge in [-0.15, -0.1) is 0 Å². The van der Waals surface area contributed by atoms with E-state index in [0.29, 0.717) is 41.3 Å². The van der Waals surface area contributed by atoms with Crippen LogP contribution in [0.3, 0.4) is 0 Å². The number of unbranched alkanes of at least 4 members (excludes halogenated alkanes) is 1. The minimum atomic E-state index is -0.189. The number of phenolic OH excluding ortho intramolecular Hbond substituents is 1. The van der Waals surface area contributed by atoms with Crippen LogP contribution >= 0.6 is 15.9 Å². The molecule has 0 amide bonds. The molecule has 0 atom stereocenters. The molecule has 0 radical (unpaired) electrons. The number of Topliss-reactive ketones (excluding diaryl/α,β-unsaturated/α-hetero) is 1. The van der Waals surface area contributed by atoms with Crippen molar-refractivity contribution in [1.29, 1.82) is 0 Å². The summed E-state index contributed by atoms with van der Waals surface area (Å²) in [4.78, 5) is 15.4. The lowest BCUT2D eigenvalue weighted by Gasteiger charge is -2.20. The number of carbonyl (C=O) groups is 1. The van der Waals surface area contributed by atoms with Crippen LogP contribution in [-0.4, -0.2) is 36.2 Å². The first kappa shape index (κ1) is 21.9. The van der Waals surface area contributed by atoms with E-state index >= 15 is 0 Å². The summed E-state index contributed by atoms with van der Waals surface area (Å²) in [5, 5.41) is 10.6. The number of allylic oxidation sites excluding steroid dienone is 1. The van der Waals surface area contributed by atoms with Crippen molar-refractivity contribution in [2.75, 3.05) is 20.4 Å². The Morgan fingerprint density at radius 3 is 2.84 bits per heavy atom. The molecule has 2 aromatic carbocycles. The molecule has 31 heavy (non-hydrogen) atoms. The summed E-state index contributed by atoms with van der Waals surface area (Å²) < 4.78 is 18.0. The maximum atomic E-state index is 13.2. The zero-order valence-corrected chi connectivity index (χ0v) is 19.5. The number of rotatable bonds is 6. The van der Waals surface area contributed by atoms with Crippen molar-refractivity contribution >= 4 is 27.8 Å². The lowest BCUT2D eigenvalue weighted by atomic mass is 9.99. The molecule has 1 N–H and O–H groups in total. The monoisotopic (exact) mass is 487 g/mol. The average Bonchev–Trinajstić information content (AvgIpc) is 3.06. The van der Waals surface area contributed by atoms with Crippen molar-refractivity contribution in [3.63, 3.8) is 0 Å². The summed E-state index contributed by atoms with van der Waals surface area (Å²) in [6, 6.07) is 5.48. The van der Waals surface area contributed by atoms with E-state index in [1.165, 1.54) is 0 Å².